The Kier molecular flexibility index (Phi) is 2.74. The lowest BCUT2D eigenvalue weighted by Gasteiger charge is -2.30. The summed E-state index contributed by atoms with van der Waals surface area (Å²) in [5.41, 5.74) is 2.54. The number of hydrogen-bond donors (Lipinski definition) is 1. The van der Waals surface area contributed by atoms with Gasteiger partial charge in [-0.1, -0.05) is 18.2 Å². The largest absolute Gasteiger partial charge is 0.378 e. The minimum Gasteiger partial charge on any atom is -0.378 e. The first-order valence-electron chi connectivity index (χ1n) is 6.56. The first-order chi connectivity index (χ1) is 9.42. The SMILES string of the molecule is c1ccc2c3c([nH]c2c1)SC(N1CCOCC1)=NC3. The van der Waals surface area contributed by atoms with Crippen molar-refractivity contribution in [2.45, 2.75) is 11.6 Å². The summed E-state index contributed by atoms with van der Waals surface area (Å²) in [6.45, 7) is 4.28. The van der Waals surface area contributed by atoms with Gasteiger partial charge in [0.25, 0.3) is 0 Å². The molecule has 5 heteroatoms. The van der Waals surface area contributed by atoms with Crippen molar-refractivity contribution in [2.24, 2.45) is 4.99 Å². The maximum Gasteiger partial charge on any atom is 0.166 e. The number of aliphatic imine (C=N–C) groups is 1. The van der Waals surface area contributed by atoms with E-state index in [2.05, 4.69) is 34.1 Å². The third-order valence-corrected chi connectivity index (χ3v) is 4.74. The Morgan fingerprint density at radius 3 is 2.95 bits per heavy atom. The fraction of sp³-hybridized carbons (Fsp3) is 0.357. The van der Waals surface area contributed by atoms with Gasteiger partial charge in [-0.05, 0) is 17.8 Å². The summed E-state index contributed by atoms with van der Waals surface area (Å²) in [7, 11) is 0. The highest BCUT2D eigenvalue weighted by molar-refractivity contribution is 8.13. The molecule has 3 heterocycles. The van der Waals surface area contributed by atoms with Crippen LogP contribution in [0.5, 0.6) is 0 Å². The second-order valence-corrected chi connectivity index (χ2v) is 5.76. The van der Waals surface area contributed by atoms with Crippen LogP contribution in [0.4, 0.5) is 0 Å². The molecule has 2 aliphatic rings. The molecular weight excluding hydrogens is 258 g/mol. The number of amidine groups is 1. The molecule has 19 heavy (non-hydrogen) atoms. The molecule has 1 saturated heterocycles. The molecule has 1 N–H and O–H groups in total. The number of aromatic amines is 1. The number of ether oxygens (including phenoxy) is 1. The first kappa shape index (κ1) is 11.4. The maximum atomic E-state index is 5.39. The van der Waals surface area contributed by atoms with E-state index in [4.69, 9.17) is 9.73 Å². The van der Waals surface area contributed by atoms with E-state index in [1.165, 1.54) is 21.5 Å². The van der Waals surface area contributed by atoms with Gasteiger partial charge in [0, 0.05) is 29.6 Å². The van der Waals surface area contributed by atoms with E-state index in [0.29, 0.717) is 0 Å². The first-order valence-corrected chi connectivity index (χ1v) is 7.38. The number of aromatic nitrogens is 1. The highest BCUT2D eigenvalue weighted by Gasteiger charge is 2.23. The summed E-state index contributed by atoms with van der Waals surface area (Å²) in [6, 6.07) is 8.45. The van der Waals surface area contributed by atoms with Crippen LogP contribution >= 0.6 is 11.8 Å². The number of nitrogens with one attached hydrogen (secondary N) is 1. The molecule has 0 aliphatic carbocycles. The minimum atomic E-state index is 0.777. The van der Waals surface area contributed by atoms with Crippen molar-refractivity contribution in [3.8, 4) is 0 Å². The summed E-state index contributed by atoms with van der Waals surface area (Å²) in [5.74, 6) is 0. The number of thioether (sulfide) groups is 1. The lowest BCUT2D eigenvalue weighted by molar-refractivity contribution is 0.0692. The summed E-state index contributed by atoms with van der Waals surface area (Å²) >= 11 is 1.75. The van der Waals surface area contributed by atoms with Crippen LogP contribution in [0.3, 0.4) is 0 Å². The number of para-hydroxylation sites is 1. The Bertz CT molecular complexity index is 643. The molecule has 0 radical (unpaired) electrons. The molecule has 2 aliphatic heterocycles. The molecule has 0 amide bonds. The number of fused-ring (bicyclic) bond motifs is 3. The van der Waals surface area contributed by atoms with Crippen LogP contribution in [0.1, 0.15) is 5.56 Å². The van der Waals surface area contributed by atoms with Gasteiger partial charge in [0.2, 0.25) is 0 Å². The number of benzene rings is 1. The zero-order valence-corrected chi connectivity index (χ0v) is 11.4. The van der Waals surface area contributed by atoms with Crippen molar-refractivity contribution in [1.82, 2.24) is 9.88 Å². The summed E-state index contributed by atoms with van der Waals surface area (Å²) in [4.78, 5) is 10.6. The second kappa shape index (κ2) is 4.58. The van der Waals surface area contributed by atoms with E-state index in [0.717, 1.165) is 38.0 Å². The molecule has 98 valence electrons. The van der Waals surface area contributed by atoms with Crippen LogP contribution in [0.25, 0.3) is 10.9 Å². The Balaban J connectivity index is 1.66. The average Bonchev–Trinajstić information content (AvgIpc) is 2.86. The minimum absolute atomic E-state index is 0.777. The predicted octanol–water partition coefficient (Wildman–Crippen LogP) is 2.46. The summed E-state index contributed by atoms with van der Waals surface area (Å²) in [5, 5.41) is 3.68. The number of H-pyrrole nitrogens is 1. The molecule has 4 rings (SSSR count). The highest BCUT2D eigenvalue weighted by Crippen LogP contribution is 2.35. The van der Waals surface area contributed by atoms with Gasteiger partial charge in [0.1, 0.15) is 0 Å². The van der Waals surface area contributed by atoms with Gasteiger partial charge in [-0.25, -0.2) is 0 Å². The highest BCUT2D eigenvalue weighted by atomic mass is 32.2. The fourth-order valence-electron chi connectivity index (χ4n) is 2.61. The molecule has 2 aromatic rings. The third-order valence-electron chi connectivity index (χ3n) is 3.62. The molecule has 0 unspecified atom stereocenters. The Morgan fingerprint density at radius 2 is 2.05 bits per heavy atom. The van der Waals surface area contributed by atoms with Crippen LogP contribution in [-0.4, -0.2) is 41.4 Å². The van der Waals surface area contributed by atoms with E-state index < -0.39 is 0 Å². The molecule has 0 atom stereocenters. The number of nitrogens with zero attached hydrogens (tertiary/aromatic N) is 2. The van der Waals surface area contributed by atoms with Gasteiger partial charge in [-0.15, -0.1) is 0 Å². The van der Waals surface area contributed by atoms with Crippen molar-refractivity contribution < 1.29 is 4.74 Å². The molecule has 1 aromatic carbocycles. The quantitative estimate of drug-likeness (QED) is 0.801. The second-order valence-electron chi connectivity index (χ2n) is 4.78. The third kappa shape index (κ3) is 1.93. The topological polar surface area (TPSA) is 40.6 Å². The lowest BCUT2D eigenvalue weighted by atomic mass is 10.2. The summed E-state index contributed by atoms with van der Waals surface area (Å²) in [6.07, 6.45) is 0. The number of morpholine rings is 1. The van der Waals surface area contributed by atoms with Gasteiger partial charge in [-0.2, -0.15) is 0 Å². The van der Waals surface area contributed by atoms with Gasteiger partial charge in [-0.3, -0.25) is 4.99 Å². The Morgan fingerprint density at radius 1 is 1.21 bits per heavy atom. The van der Waals surface area contributed by atoms with Gasteiger partial charge in [0.15, 0.2) is 5.17 Å². The predicted molar refractivity (Wildman–Crippen MR) is 77.7 cm³/mol. The van der Waals surface area contributed by atoms with E-state index in [1.54, 1.807) is 11.8 Å². The molecule has 1 fully saturated rings. The average molecular weight is 273 g/mol. The molecule has 0 spiro atoms. The molecular formula is C14H15N3OS. The Hall–Kier alpha value is -1.46. The lowest BCUT2D eigenvalue weighted by Crippen LogP contribution is -2.40. The van der Waals surface area contributed by atoms with Crippen LogP contribution in [0, 0.1) is 0 Å². The molecule has 1 aromatic heterocycles. The van der Waals surface area contributed by atoms with E-state index in [-0.39, 0.29) is 0 Å². The normalized spacial score (nSPS) is 19.4. The zero-order chi connectivity index (χ0) is 12.7. The van der Waals surface area contributed by atoms with Gasteiger partial charge < -0.3 is 14.6 Å². The maximum absolute atomic E-state index is 5.39. The molecule has 0 saturated carbocycles. The summed E-state index contributed by atoms with van der Waals surface area (Å²) < 4.78 is 5.39. The van der Waals surface area contributed by atoms with Crippen molar-refractivity contribution in [3.63, 3.8) is 0 Å². The van der Waals surface area contributed by atoms with Crippen LogP contribution < -0.4 is 0 Å². The van der Waals surface area contributed by atoms with Gasteiger partial charge in [0.05, 0.1) is 24.8 Å². The monoisotopic (exact) mass is 273 g/mol. The molecule has 0 bridgehead atoms. The van der Waals surface area contributed by atoms with Crippen molar-refractivity contribution in [3.05, 3.63) is 29.8 Å². The molecule has 4 nitrogen and oxygen atoms in total. The number of rotatable bonds is 0. The zero-order valence-electron chi connectivity index (χ0n) is 10.6. The smallest absolute Gasteiger partial charge is 0.166 e. The standard InChI is InChI=1S/C14H15N3OS/c1-2-4-12-10(3-1)11-9-15-14(19-13(11)16-12)17-5-7-18-8-6-17/h1-4,16H,5-9H2. The fourth-order valence-corrected chi connectivity index (χ4v) is 3.69. The van der Waals surface area contributed by atoms with Crippen molar-refractivity contribution in [2.75, 3.05) is 26.3 Å². The van der Waals surface area contributed by atoms with Crippen LogP contribution in [0.2, 0.25) is 0 Å². The van der Waals surface area contributed by atoms with E-state index in [9.17, 15) is 0 Å². The Labute approximate surface area is 115 Å². The van der Waals surface area contributed by atoms with Crippen molar-refractivity contribution >= 4 is 27.8 Å². The van der Waals surface area contributed by atoms with Crippen LogP contribution in [-0.2, 0) is 11.3 Å². The van der Waals surface area contributed by atoms with Gasteiger partial charge >= 0.3 is 0 Å². The van der Waals surface area contributed by atoms with Crippen LogP contribution in [0.15, 0.2) is 34.3 Å². The van der Waals surface area contributed by atoms with Crippen molar-refractivity contribution in [1.29, 1.82) is 0 Å². The number of hydrogen-bond acceptors (Lipinski definition) is 4. The van der Waals surface area contributed by atoms with E-state index >= 15 is 0 Å². The van der Waals surface area contributed by atoms with E-state index in [1.807, 2.05) is 0 Å².